The Labute approximate surface area is 431 Å². The third-order valence-electron chi connectivity index (χ3n) is 14.5. The molecule has 0 aliphatic carbocycles. The van der Waals surface area contributed by atoms with Crippen molar-refractivity contribution < 1.29 is 24.5 Å². The summed E-state index contributed by atoms with van der Waals surface area (Å²) in [5.41, 5.74) is 0. The first-order chi connectivity index (χ1) is 34.0. The maximum Gasteiger partial charge on any atom is 0.305 e. The number of rotatable bonds is 58. The molecule has 0 radical (unpaired) electrons. The molecule has 0 rings (SSSR count). The molecule has 0 aliphatic rings. The average Bonchev–Trinajstić information content (AvgIpc) is 3.35. The van der Waals surface area contributed by atoms with E-state index < -0.39 is 12.1 Å². The molecule has 0 aromatic carbocycles. The van der Waals surface area contributed by atoms with Crippen molar-refractivity contribution in [3.8, 4) is 0 Å². The maximum absolute atomic E-state index is 12.4. The lowest BCUT2D eigenvalue weighted by Crippen LogP contribution is -2.45. The number of ether oxygens (including phenoxy) is 1. The molecule has 0 spiro atoms. The molecule has 6 heteroatoms. The summed E-state index contributed by atoms with van der Waals surface area (Å²) >= 11 is 0. The lowest BCUT2D eigenvalue weighted by Gasteiger charge is -2.20. The number of nitrogens with one attached hydrogen (secondary N) is 1. The van der Waals surface area contributed by atoms with E-state index in [0.29, 0.717) is 19.4 Å². The van der Waals surface area contributed by atoms with E-state index in [2.05, 4.69) is 31.3 Å². The van der Waals surface area contributed by atoms with Gasteiger partial charge in [0.2, 0.25) is 5.91 Å². The summed E-state index contributed by atoms with van der Waals surface area (Å²) in [6, 6.07) is -0.623. The summed E-state index contributed by atoms with van der Waals surface area (Å²) in [5, 5.41) is 22.9. The minimum atomic E-state index is -0.839. The summed E-state index contributed by atoms with van der Waals surface area (Å²) in [4.78, 5) is 24.4. The maximum atomic E-state index is 12.4. The van der Waals surface area contributed by atoms with E-state index in [4.69, 9.17) is 4.74 Å². The molecular formula is C63H121NO5. The van der Waals surface area contributed by atoms with Crippen molar-refractivity contribution in [2.75, 3.05) is 13.2 Å². The van der Waals surface area contributed by atoms with E-state index in [1.165, 1.54) is 270 Å². The first kappa shape index (κ1) is 67.3. The Kier molecular flexibility index (Phi) is 57.5. The van der Waals surface area contributed by atoms with Crippen LogP contribution in [0.4, 0.5) is 0 Å². The van der Waals surface area contributed by atoms with Gasteiger partial charge in [-0.3, -0.25) is 9.59 Å². The zero-order chi connectivity index (χ0) is 50.0. The van der Waals surface area contributed by atoms with E-state index in [1.54, 1.807) is 6.08 Å². The quantitative estimate of drug-likeness (QED) is 0.0321. The van der Waals surface area contributed by atoms with Crippen molar-refractivity contribution in [2.24, 2.45) is 0 Å². The molecule has 0 aliphatic heterocycles. The van der Waals surface area contributed by atoms with Crippen LogP contribution in [0.1, 0.15) is 341 Å². The fourth-order valence-electron chi connectivity index (χ4n) is 9.69. The molecular weight excluding hydrogens is 851 g/mol. The number of allylic oxidation sites excluding steroid dienone is 3. The van der Waals surface area contributed by atoms with Crippen LogP contribution in [0.2, 0.25) is 0 Å². The van der Waals surface area contributed by atoms with Crippen molar-refractivity contribution >= 4 is 11.9 Å². The monoisotopic (exact) mass is 972 g/mol. The fourth-order valence-corrected chi connectivity index (χ4v) is 9.69. The second-order valence-electron chi connectivity index (χ2n) is 21.4. The molecule has 0 saturated heterocycles. The molecule has 2 atom stereocenters. The third-order valence-corrected chi connectivity index (χ3v) is 14.5. The van der Waals surface area contributed by atoms with Crippen LogP contribution in [0, 0.1) is 0 Å². The molecule has 1 amide bonds. The van der Waals surface area contributed by atoms with Gasteiger partial charge in [-0.1, -0.05) is 295 Å². The number of amides is 1. The molecule has 6 nitrogen and oxygen atoms in total. The van der Waals surface area contributed by atoms with Crippen LogP contribution in [0.5, 0.6) is 0 Å². The van der Waals surface area contributed by atoms with Crippen molar-refractivity contribution in [1.82, 2.24) is 5.32 Å². The third kappa shape index (κ3) is 55.5. The van der Waals surface area contributed by atoms with Gasteiger partial charge in [0.1, 0.15) is 0 Å². The Bertz CT molecular complexity index is 1080. The minimum Gasteiger partial charge on any atom is -0.466 e. The predicted molar refractivity (Wildman–Crippen MR) is 301 cm³/mol. The van der Waals surface area contributed by atoms with Crippen LogP contribution in [0.25, 0.3) is 0 Å². The number of aliphatic hydroxyl groups is 2. The van der Waals surface area contributed by atoms with Crippen molar-refractivity contribution in [3.05, 3.63) is 24.3 Å². The lowest BCUT2D eigenvalue weighted by molar-refractivity contribution is -0.143. The number of hydrogen-bond acceptors (Lipinski definition) is 5. The van der Waals surface area contributed by atoms with Gasteiger partial charge < -0.3 is 20.3 Å². The normalized spacial score (nSPS) is 12.7. The van der Waals surface area contributed by atoms with Crippen molar-refractivity contribution in [2.45, 2.75) is 353 Å². The van der Waals surface area contributed by atoms with Crippen LogP contribution in [-0.4, -0.2) is 47.4 Å². The minimum absolute atomic E-state index is 0.0106. The zero-order valence-electron chi connectivity index (χ0n) is 46.6. The molecule has 2 unspecified atom stereocenters. The Morgan fingerprint density at radius 3 is 1.03 bits per heavy atom. The Morgan fingerprint density at radius 1 is 0.391 bits per heavy atom. The smallest absolute Gasteiger partial charge is 0.305 e. The summed E-state index contributed by atoms with van der Waals surface area (Å²) in [6.07, 6.45) is 72.4. The van der Waals surface area contributed by atoms with Gasteiger partial charge in [0, 0.05) is 12.8 Å². The standard InChI is InChI=1S/C63H121NO5/c1-3-5-7-9-11-13-14-15-30-34-37-41-45-49-53-57-63(68)69-58-54-50-46-42-38-35-32-29-27-25-23-21-19-17-16-18-20-22-24-26-28-31-33-36-40-44-48-52-56-62(67)64-60(59-65)61(66)55-51-47-43-39-12-10-8-6-4-2/h15,30,51,55,60-61,65-66H,3-14,16-29,31-50,52-54,56-59H2,1-2H3,(H,64,67)/b30-15-,55-51+. The number of aliphatic hydroxyl groups excluding tert-OH is 2. The Morgan fingerprint density at radius 2 is 0.681 bits per heavy atom. The first-order valence-electron chi connectivity index (χ1n) is 31.1. The van der Waals surface area contributed by atoms with Gasteiger partial charge in [-0.15, -0.1) is 0 Å². The average molecular weight is 973 g/mol. The van der Waals surface area contributed by atoms with Crippen LogP contribution >= 0.6 is 0 Å². The number of esters is 1. The Balaban J connectivity index is 3.32. The predicted octanol–water partition coefficient (Wildman–Crippen LogP) is 19.4. The number of unbranched alkanes of at least 4 members (excludes halogenated alkanes) is 45. The van der Waals surface area contributed by atoms with E-state index >= 15 is 0 Å². The summed E-state index contributed by atoms with van der Waals surface area (Å²) < 4.78 is 5.49. The SMILES string of the molecule is CCCCCCCC/C=C\CCCCCCCC(=O)OCCCCCCCCCCCCCCCCCCCCCCCCCCCCCCC(=O)NC(CO)C(O)/C=C/CCCCCCCCC. The summed E-state index contributed by atoms with van der Waals surface area (Å²) in [7, 11) is 0. The molecule has 0 aromatic heterocycles. The molecule has 0 heterocycles. The Hall–Kier alpha value is -1.66. The molecule has 408 valence electrons. The molecule has 0 saturated carbocycles. The number of carbonyl (C=O) groups is 2. The molecule has 69 heavy (non-hydrogen) atoms. The van der Waals surface area contributed by atoms with Gasteiger partial charge in [-0.25, -0.2) is 0 Å². The molecule has 3 N–H and O–H groups in total. The lowest BCUT2D eigenvalue weighted by atomic mass is 10.0. The first-order valence-corrected chi connectivity index (χ1v) is 31.1. The second kappa shape index (κ2) is 58.9. The van der Waals surface area contributed by atoms with Gasteiger partial charge in [0.25, 0.3) is 0 Å². The van der Waals surface area contributed by atoms with E-state index in [9.17, 15) is 19.8 Å². The van der Waals surface area contributed by atoms with Gasteiger partial charge in [-0.2, -0.15) is 0 Å². The van der Waals surface area contributed by atoms with Crippen LogP contribution in [0.3, 0.4) is 0 Å². The molecule has 0 bridgehead atoms. The highest BCUT2D eigenvalue weighted by molar-refractivity contribution is 5.76. The molecule has 0 aromatic rings. The number of carbonyl (C=O) groups excluding carboxylic acids is 2. The number of hydrogen-bond donors (Lipinski definition) is 3. The van der Waals surface area contributed by atoms with Crippen molar-refractivity contribution in [1.29, 1.82) is 0 Å². The summed E-state index contributed by atoms with van der Waals surface area (Å²) in [6.45, 7) is 4.88. The highest BCUT2D eigenvalue weighted by atomic mass is 16.5. The van der Waals surface area contributed by atoms with E-state index in [-0.39, 0.29) is 18.5 Å². The highest BCUT2D eigenvalue weighted by Crippen LogP contribution is 2.18. The fraction of sp³-hybridized carbons (Fsp3) is 0.905. The van der Waals surface area contributed by atoms with Gasteiger partial charge in [0.05, 0.1) is 25.4 Å². The van der Waals surface area contributed by atoms with Gasteiger partial charge in [0.15, 0.2) is 0 Å². The van der Waals surface area contributed by atoms with Gasteiger partial charge in [-0.05, 0) is 57.8 Å². The van der Waals surface area contributed by atoms with E-state index in [1.807, 2.05) is 6.08 Å². The second-order valence-corrected chi connectivity index (χ2v) is 21.4. The topological polar surface area (TPSA) is 95.9 Å². The van der Waals surface area contributed by atoms with Gasteiger partial charge >= 0.3 is 5.97 Å². The van der Waals surface area contributed by atoms with Crippen LogP contribution in [0.15, 0.2) is 24.3 Å². The summed E-state index contributed by atoms with van der Waals surface area (Å²) in [5.74, 6) is -0.0561. The van der Waals surface area contributed by atoms with Crippen LogP contribution < -0.4 is 5.32 Å². The largest absolute Gasteiger partial charge is 0.466 e. The van der Waals surface area contributed by atoms with Crippen molar-refractivity contribution in [3.63, 3.8) is 0 Å². The molecule has 0 fully saturated rings. The highest BCUT2D eigenvalue weighted by Gasteiger charge is 2.18. The zero-order valence-corrected chi connectivity index (χ0v) is 46.6. The van der Waals surface area contributed by atoms with Crippen LogP contribution in [-0.2, 0) is 14.3 Å². The van der Waals surface area contributed by atoms with E-state index in [0.717, 1.165) is 44.9 Å².